The minimum absolute atomic E-state index is 0.0448. The Labute approximate surface area is 209 Å². The predicted octanol–water partition coefficient (Wildman–Crippen LogP) is 4.49. The number of nitrogens with one attached hydrogen (secondary N) is 2. The molecule has 1 aliphatic rings. The first-order chi connectivity index (χ1) is 16.5. The Morgan fingerprint density at radius 3 is 2.17 bits per heavy atom. The highest BCUT2D eigenvalue weighted by molar-refractivity contribution is 7.90. The van der Waals surface area contributed by atoms with Crippen LogP contribution < -0.4 is 9.44 Å². The third-order valence-electron chi connectivity index (χ3n) is 6.64. The molecule has 0 fully saturated rings. The Kier molecular flexibility index (Phi) is 9.26. The summed E-state index contributed by atoms with van der Waals surface area (Å²) in [5, 5.41) is -0.425. The molecule has 0 radical (unpaired) electrons. The highest BCUT2D eigenvalue weighted by Crippen LogP contribution is 2.34. The zero-order chi connectivity index (χ0) is 25.6. The van der Waals surface area contributed by atoms with Crippen LogP contribution in [0, 0.1) is 17.7 Å². The second-order valence-electron chi connectivity index (χ2n) is 9.48. The first-order valence-electron chi connectivity index (χ1n) is 12.0. The highest BCUT2D eigenvalue weighted by atomic mass is 32.2. The summed E-state index contributed by atoms with van der Waals surface area (Å²) in [5.74, 6) is 0.237. The number of halogens is 1. The molecule has 192 valence electrons. The van der Waals surface area contributed by atoms with Gasteiger partial charge in [-0.25, -0.2) is 30.7 Å². The average molecular weight is 523 g/mol. The second kappa shape index (κ2) is 11.8. The summed E-state index contributed by atoms with van der Waals surface area (Å²) in [6, 6.07) is 12.9. The van der Waals surface area contributed by atoms with Gasteiger partial charge in [0.15, 0.2) is 0 Å². The monoisotopic (exact) mass is 522 g/mol. The van der Waals surface area contributed by atoms with Gasteiger partial charge in [-0.3, -0.25) is 0 Å². The Morgan fingerprint density at radius 1 is 0.943 bits per heavy atom. The van der Waals surface area contributed by atoms with E-state index in [0.29, 0.717) is 18.9 Å². The zero-order valence-electron chi connectivity index (χ0n) is 20.5. The normalized spacial score (nSPS) is 17.9. The minimum Gasteiger partial charge on any atom is -0.215 e. The van der Waals surface area contributed by atoms with Crippen molar-refractivity contribution in [2.45, 2.75) is 56.6 Å². The van der Waals surface area contributed by atoms with Crippen LogP contribution in [0.1, 0.15) is 51.2 Å². The van der Waals surface area contributed by atoms with Gasteiger partial charge in [0, 0.05) is 13.1 Å². The van der Waals surface area contributed by atoms with Crippen molar-refractivity contribution in [3.05, 3.63) is 71.6 Å². The lowest BCUT2D eigenvalue weighted by Crippen LogP contribution is -2.36. The van der Waals surface area contributed by atoms with Crippen molar-refractivity contribution in [2.24, 2.45) is 11.8 Å². The Balaban J connectivity index is 1.49. The van der Waals surface area contributed by atoms with Crippen molar-refractivity contribution in [1.29, 1.82) is 0 Å². The summed E-state index contributed by atoms with van der Waals surface area (Å²) >= 11 is 0. The van der Waals surface area contributed by atoms with Crippen LogP contribution in [0.15, 0.2) is 59.5 Å². The molecule has 1 aliphatic carbocycles. The van der Waals surface area contributed by atoms with Gasteiger partial charge in [0.1, 0.15) is 5.82 Å². The number of rotatable bonds is 11. The lowest BCUT2D eigenvalue weighted by Gasteiger charge is -2.28. The summed E-state index contributed by atoms with van der Waals surface area (Å²) in [4.78, 5) is 0.0448. The quantitative estimate of drug-likeness (QED) is 0.455. The van der Waals surface area contributed by atoms with Gasteiger partial charge in [-0.1, -0.05) is 37.3 Å². The summed E-state index contributed by atoms with van der Waals surface area (Å²) in [5.41, 5.74) is 3.47. The number of hydrogen-bond donors (Lipinski definition) is 2. The van der Waals surface area contributed by atoms with Crippen molar-refractivity contribution in [2.75, 3.05) is 13.1 Å². The molecule has 0 heterocycles. The van der Waals surface area contributed by atoms with E-state index in [1.165, 1.54) is 17.7 Å². The molecule has 6 nitrogen and oxygen atoms in total. The largest absolute Gasteiger partial charge is 0.240 e. The van der Waals surface area contributed by atoms with E-state index in [2.05, 4.69) is 34.6 Å². The molecule has 2 aromatic rings. The van der Waals surface area contributed by atoms with Crippen LogP contribution in [0.5, 0.6) is 0 Å². The van der Waals surface area contributed by atoms with Crippen molar-refractivity contribution in [3.8, 4) is 0 Å². The van der Waals surface area contributed by atoms with Crippen LogP contribution in [0.2, 0.25) is 0 Å². The van der Waals surface area contributed by atoms with Crippen LogP contribution in [0.25, 0.3) is 5.57 Å². The number of benzene rings is 2. The van der Waals surface area contributed by atoms with E-state index in [4.69, 9.17) is 0 Å². The standard InChI is InChI=1S/C26H35FN2O4S2/c1-19(2)34(30,31)29-18-20(3)22-8-10-24(11-9-22)23-6-4-21(5-7-23)16-17-28-35(32,33)26-14-12-25(27)13-15-26/h4-7,10,12-15,19-20,22,28-29H,8-9,11,16-18H2,1-3H3. The van der Waals surface area contributed by atoms with Crippen molar-refractivity contribution in [1.82, 2.24) is 9.44 Å². The van der Waals surface area contributed by atoms with Crippen molar-refractivity contribution >= 4 is 25.6 Å². The van der Waals surface area contributed by atoms with Crippen LogP contribution in [0.4, 0.5) is 4.39 Å². The molecule has 0 spiro atoms. The third-order valence-corrected chi connectivity index (χ3v) is 9.92. The van der Waals surface area contributed by atoms with Gasteiger partial charge in [0.25, 0.3) is 0 Å². The molecule has 0 amide bonds. The Morgan fingerprint density at radius 2 is 1.60 bits per heavy atom. The molecular weight excluding hydrogens is 487 g/mol. The fourth-order valence-electron chi connectivity index (χ4n) is 4.13. The maximum absolute atomic E-state index is 13.0. The lowest BCUT2D eigenvalue weighted by atomic mass is 9.80. The maximum atomic E-state index is 13.0. The van der Waals surface area contributed by atoms with Gasteiger partial charge in [-0.2, -0.15) is 0 Å². The minimum atomic E-state index is -3.67. The smallest absolute Gasteiger partial charge is 0.215 e. The van der Waals surface area contributed by atoms with E-state index in [1.807, 2.05) is 12.1 Å². The van der Waals surface area contributed by atoms with Gasteiger partial charge < -0.3 is 0 Å². The van der Waals surface area contributed by atoms with Crippen LogP contribution in [-0.2, 0) is 26.5 Å². The molecule has 35 heavy (non-hydrogen) atoms. The summed E-state index contributed by atoms with van der Waals surface area (Å²) in [7, 11) is -6.90. The van der Waals surface area contributed by atoms with Gasteiger partial charge >= 0.3 is 0 Å². The first kappa shape index (κ1) is 27.5. The van der Waals surface area contributed by atoms with E-state index >= 15 is 0 Å². The average Bonchev–Trinajstić information content (AvgIpc) is 2.83. The van der Waals surface area contributed by atoms with Gasteiger partial charge in [0.2, 0.25) is 20.0 Å². The Bertz CT molecular complexity index is 1220. The number of hydrogen-bond acceptors (Lipinski definition) is 4. The van der Waals surface area contributed by atoms with E-state index in [9.17, 15) is 21.2 Å². The van der Waals surface area contributed by atoms with E-state index < -0.39 is 31.1 Å². The molecule has 0 aromatic heterocycles. The first-order valence-corrected chi connectivity index (χ1v) is 15.0. The summed E-state index contributed by atoms with van der Waals surface area (Å²) in [6.45, 7) is 6.18. The molecule has 0 saturated carbocycles. The van der Waals surface area contributed by atoms with Crippen molar-refractivity contribution in [3.63, 3.8) is 0 Å². The predicted molar refractivity (Wildman–Crippen MR) is 138 cm³/mol. The topological polar surface area (TPSA) is 92.3 Å². The SMILES string of the molecule is CC(CNS(=O)(=O)C(C)C)C1CC=C(c2ccc(CCNS(=O)(=O)c3ccc(F)cc3)cc2)CC1. The van der Waals surface area contributed by atoms with Gasteiger partial charge in [-0.15, -0.1) is 0 Å². The molecule has 0 bridgehead atoms. The molecule has 2 N–H and O–H groups in total. The fraction of sp³-hybridized carbons (Fsp3) is 0.462. The second-order valence-corrected chi connectivity index (χ2v) is 13.6. The fourth-order valence-corrected chi connectivity index (χ4v) is 5.99. The number of sulfonamides is 2. The van der Waals surface area contributed by atoms with Gasteiger partial charge in [0.05, 0.1) is 10.1 Å². The van der Waals surface area contributed by atoms with E-state index in [1.54, 1.807) is 13.8 Å². The van der Waals surface area contributed by atoms with E-state index in [-0.39, 0.29) is 17.4 Å². The molecule has 0 saturated heterocycles. The summed E-state index contributed by atoms with van der Waals surface area (Å²) < 4.78 is 67.0. The molecule has 3 rings (SSSR count). The third kappa shape index (κ3) is 7.70. The number of allylic oxidation sites excluding steroid dienone is 2. The van der Waals surface area contributed by atoms with Crippen LogP contribution in [-0.4, -0.2) is 35.2 Å². The molecule has 2 atom stereocenters. The molecular formula is C26H35FN2O4S2. The van der Waals surface area contributed by atoms with Crippen LogP contribution in [0.3, 0.4) is 0 Å². The van der Waals surface area contributed by atoms with Crippen LogP contribution >= 0.6 is 0 Å². The highest BCUT2D eigenvalue weighted by Gasteiger charge is 2.23. The van der Waals surface area contributed by atoms with Gasteiger partial charge in [-0.05, 0) is 92.3 Å². The van der Waals surface area contributed by atoms with E-state index in [0.717, 1.165) is 42.5 Å². The summed E-state index contributed by atoms with van der Waals surface area (Å²) in [6.07, 6.45) is 5.69. The zero-order valence-corrected chi connectivity index (χ0v) is 22.1. The Hall–Kier alpha value is -2.07. The molecule has 0 aliphatic heterocycles. The molecule has 2 unspecified atom stereocenters. The lowest BCUT2D eigenvalue weighted by molar-refractivity contribution is 0.334. The maximum Gasteiger partial charge on any atom is 0.240 e. The molecule has 2 aromatic carbocycles. The van der Waals surface area contributed by atoms with Crippen molar-refractivity contribution < 1.29 is 21.2 Å². The molecule has 9 heteroatoms.